The van der Waals surface area contributed by atoms with Crippen LogP contribution in [0.2, 0.25) is 0 Å². The number of benzene rings is 3. The SMILES string of the molecule is CCCCOCCOc1ccc(-c2ccc(CC)c(/C=C/C(=O)Nc3ccc(S(=O)Cc4cncn4CCC)cc3)c2)cc1. The van der Waals surface area contributed by atoms with Crippen LogP contribution in [0.15, 0.2) is 90.2 Å². The van der Waals surface area contributed by atoms with E-state index in [1.165, 1.54) is 0 Å². The van der Waals surface area contributed by atoms with E-state index in [1.54, 1.807) is 42.9 Å². The first-order valence-electron chi connectivity index (χ1n) is 15.4. The molecule has 0 bridgehead atoms. The topological polar surface area (TPSA) is 82.4 Å². The lowest BCUT2D eigenvalue weighted by Gasteiger charge is -2.10. The molecule has 0 aliphatic rings. The lowest BCUT2D eigenvalue weighted by atomic mass is 9.97. The third-order valence-corrected chi connectivity index (χ3v) is 8.55. The molecule has 1 N–H and O–H groups in total. The maximum absolute atomic E-state index is 12.9. The first-order valence-corrected chi connectivity index (χ1v) is 16.7. The molecule has 1 unspecified atom stereocenters. The molecule has 8 heteroatoms. The lowest BCUT2D eigenvalue weighted by Crippen LogP contribution is -2.08. The normalized spacial score (nSPS) is 12.0. The number of nitrogens with one attached hydrogen (secondary N) is 1. The molecule has 1 aromatic heterocycles. The van der Waals surface area contributed by atoms with Crippen molar-refractivity contribution in [2.75, 3.05) is 25.1 Å². The van der Waals surface area contributed by atoms with E-state index in [2.05, 4.69) is 49.3 Å². The Morgan fingerprint density at radius 2 is 1.70 bits per heavy atom. The number of amides is 1. The second-order valence-corrected chi connectivity index (χ2v) is 12.0. The summed E-state index contributed by atoms with van der Waals surface area (Å²) in [5, 5.41) is 2.91. The molecule has 0 fully saturated rings. The molecule has 1 atom stereocenters. The van der Waals surface area contributed by atoms with E-state index in [0.717, 1.165) is 72.5 Å². The minimum Gasteiger partial charge on any atom is -0.491 e. The number of rotatable bonds is 17. The number of imidazole rings is 1. The minimum absolute atomic E-state index is 0.227. The van der Waals surface area contributed by atoms with E-state index < -0.39 is 10.8 Å². The van der Waals surface area contributed by atoms with Gasteiger partial charge in [-0.2, -0.15) is 0 Å². The summed E-state index contributed by atoms with van der Waals surface area (Å²) in [4.78, 5) is 17.7. The Bertz CT molecular complexity index is 1530. The third-order valence-electron chi connectivity index (χ3n) is 7.19. The van der Waals surface area contributed by atoms with Gasteiger partial charge in [-0.1, -0.05) is 51.5 Å². The second-order valence-electron chi connectivity index (χ2n) is 10.5. The van der Waals surface area contributed by atoms with E-state index in [1.807, 2.05) is 34.9 Å². The number of aryl methyl sites for hydroxylation is 2. The third kappa shape index (κ3) is 9.76. The fourth-order valence-corrected chi connectivity index (χ4v) is 5.85. The monoisotopic (exact) mass is 613 g/mol. The van der Waals surface area contributed by atoms with Crippen molar-refractivity contribution in [3.05, 3.63) is 102 Å². The first-order chi connectivity index (χ1) is 21.5. The average molecular weight is 614 g/mol. The molecule has 4 aromatic rings. The number of ether oxygens (including phenoxy) is 2. The molecule has 1 amide bonds. The molecule has 4 rings (SSSR count). The second kappa shape index (κ2) is 17.3. The van der Waals surface area contributed by atoms with Crippen LogP contribution in [0, 0.1) is 0 Å². The molecule has 44 heavy (non-hydrogen) atoms. The molecule has 3 aromatic carbocycles. The summed E-state index contributed by atoms with van der Waals surface area (Å²) in [6, 6.07) is 21.5. The van der Waals surface area contributed by atoms with E-state index >= 15 is 0 Å². The molecule has 0 aliphatic heterocycles. The Kier molecular flexibility index (Phi) is 13.0. The van der Waals surface area contributed by atoms with Crippen LogP contribution in [-0.4, -0.2) is 39.5 Å². The van der Waals surface area contributed by atoms with Crippen molar-refractivity contribution in [1.29, 1.82) is 0 Å². The molecule has 232 valence electrons. The van der Waals surface area contributed by atoms with Gasteiger partial charge in [0, 0.05) is 36.0 Å². The predicted molar refractivity (Wildman–Crippen MR) is 179 cm³/mol. The van der Waals surface area contributed by atoms with Crippen LogP contribution in [0.3, 0.4) is 0 Å². The van der Waals surface area contributed by atoms with Crippen LogP contribution in [0.4, 0.5) is 5.69 Å². The molecule has 0 saturated carbocycles. The highest BCUT2D eigenvalue weighted by Crippen LogP contribution is 2.26. The van der Waals surface area contributed by atoms with Gasteiger partial charge in [-0.3, -0.25) is 9.00 Å². The van der Waals surface area contributed by atoms with Crippen LogP contribution in [0.25, 0.3) is 17.2 Å². The molecule has 0 spiro atoms. The Morgan fingerprint density at radius 1 is 0.932 bits per heavy atom. The van der Waals surface area contributed by atoms with Gasteiger partial charge >= 0.3 is 0 Å². The Balaban J connectivity index is 1.33. The largest absolute Gasteiger partial charge is 0.491 e. The lowest BCUT2D eigenvalue weighted by molar-refractivity contribution is -0.111. The molecule has 0 saturated heterocycles. The molecule has 1 heterocycles. The number of aromatic nitrogens is 2. The van der Waals surface area contributed by atoms with E-state index in [9.17, 15) is 9.00 Å². The van der Waals surface area contributed by atoms with Crippen molar-refractivity contribution in [2.45, 2.75) is 63.6 Å². The van der Waals surface area contributed by atoms with Gasteiger partial charge in [0.2, 0.25) is 5.91 Å². The maximum Gasteiger partial charge on any atom is 0.248 e. The number of carbonyl (C=O) groups is 1. The zero-order valence-electron chi connectivity index (χ0n) is 26.0. The van der Waals surface area contributed by atoms with Crippen LogP contribution in [-0.2, 0) is 39.0 Å². The van der Waals surface area contributed by atoms with Crippen molar-refractivity contribution in [3.63, 3.8) is 0 Å². The van der Waals surface area contributed by atoms with Crippen molar-refractivity contribution in [1.82, 2.24) is 9.55 Å². The fourth-order valence-electron chi connectivity index (χ4n) is 4.73. The highest BCUT2D eigenvalue weighted by molar-refractivity contribution is 7.84. The number of nitrogens with zero attached hydrogens (tertiary/aromatic N) is 2. The summed E-state index contributed by atoms with van der Waals surface area (Å²) >= 11 is 0. The van der Waals surface area contributed by atoms with Gasteiger partial charge in [0.15, 0.2) is 0 Å². The summed E-state index contributed by atoms with van der Waals surface area (Å²) in [5.41, 5.74) is 5.90. The van der Waals surface area contributed by atoms with Gasteiger partial charge in [-0.15, -0.1) is 0 Å². The number of hydrogen-bond donors (Lipinski definition) is 1. The summed E-state index contributed by atoms with van der Waals surface area (Å²) in [7, 11) is -1.20. The smallest absolute Gasteiger partial charge is 0.248 e. The Labute approximate surface area is 263 Å². The Morgan fingerprint density at radius 3 is 2.43 bits per heavy atom. The molecule has 0 radical (unpaired) electrons. The van der Waals surface area contributed by atoms with Crippen molar-refractivity contribution in [2.24, 2.45) is 0 Å². The number of unbranched alkanes of at least 4 members (excludes halogenated alkanes) is 1. The maximum atomic E-state index is 12.9. The van der Waals surface area contributed by atoms with E-state index in [0.29, 0.717) is 29.5 Å². The zero-order valence-corrected chi connectivity index (χ0v) is 26.8. The number of carbonyl (C=O) groups excluding carboxylic acids is 1. The molecule has 7 nitrogen and oxygen atoms in total. The van der Waals surface area contributed by atoms with E-state index in [4.69, 9.17) is 9.47 Å². The molecular formula is C36H43N3O4S. The molecular weight excluding hydrogens is 570 g/mol. The summed E-state index contributed by atoms with van der Waals surface area (Å²) in [5.74, 6) is 0.989. The predicted octanol–water partition coefficient (Wildman–Crippen LogP) is 7.68. The van der Waals surface area contributed by atoms with Crippen LogP contribution in [0.1, 0.15) is 56.9 Å². The Hall–Kier alpha value is -4.01. The quantitative estimate of drug-likeness (QED) is 0.0976. The number of hydrogen-bond acceptors (Lipinski definition) is 5. The average Bonchev–Trinajstić information content (AvgIpc) is 3.48. The number of anilines is 1. The van der Waals surface area contributed by atoms with Crippen LogP contribution >= 0.6 is 0 Å². The van der Waals surface area contributed by atoms with Gasteiger partial charge in [0.25, 0.3) is 0 Å². The van der Waals surface area contributed by atoms with Crippen LogP contribution in [0.5, 0.6) is 5.75 Å². The minimum atomic E-state index is -1.20. The highest BCUT2D eigenvalue weighted by Gasteiger charge is 2.10. The summed E-state index contributed by atoms with van der Waals surface area (Å²) in [6.07, 6.45) is 11.0. The zero-order chi connectivity index (χ0) is 31.1. The van der Waals surface area contributed by atoms with Gasteiger partial charge in [-0.25, -0.2) is 4.98 Å². The van der Waals surface area contributed by atoms with Gasteiger partial charge in [0.05, 0.1) is 35.2 Å². The van der Waals surface area contributed by atoms with Gasteiger partial charge in [-0.05, 0) is 90.1 Å². The standard InChI is InChI=1S/C36H43N3O4S/c1-4-7-21-42-22-23-43-34-15-10-29(11-16-34)31-9-8-28(6-3)30(24-31)12-19-36(40)38-32-13-17-35(18-14-32)44(41)26-33-25-37-27-39(33)20-5-2/h8-19,24-25,27H,4-7,20-23,26H2,1-3H3,(H,38,40)/b19-12+. The first kappa shape index (κ1) is 32.9. The van der Waals surface area contributed by atoms with Crippen molar-refractivity contribution >= 4 is 28.5 Å². The molecule has 0 aliphatic carbocycles. The van der Waals surface area contributed by atoms with Gasteiger partial charge in [0.1, 0.15) is 12.4 Å². The van der Waals surface area contributed by atoms with E-state index in [-0.39, 0.29) is 5.91 Å². The van der Waals surface area contributed by atoms with Crippen LogP contribution < -0.4 is 10.1 Å². The van der Waals surface area contributed by atoms with Gasteiger partial charge < -0.3 is 19.4 Å². The highest BCUT2D eigenvalue weighted by atomic mass is 32.2. The fraction of sp³-hybridized carbons (Fsp3) is 0.333. The summed E-state index contributed by atoms with van der Waals surface area (Å²) < 4.78 is 26.3. The van der Waals surface area contributed by atoms with Crippen molar-refractivity contribution in [3.8, 4) is 16.9 Å². The summed E-state index contributed by atoms with van der Waals surface area (Å²) in [6.45, 7) is 9.10. The van der Waals surface area contributed by atoms with Crippen molar-refractivity contribution < 1.29 is 18.5 Å².